The highest BCUT2D eigenvalue weighted by molar-refractivity contribution is 7.86. The lowest BCUT2D eigenvalue weighted by atomic mass is 10.5. The van der Waals surface area contributed by atoms with Gasteiger partial charge in [-0.05, 0) is 13.8 Å². The topological polar surface area (TPSA) is 75.6 Å². The van der Waals surface area contributed by atoms with E-state index >= 15 is 0 Å². The molecule has 0 heterocycles. The van der Waals surface area contributed by atoms with Gasteiger partial charge in [-0.1, -0.05) is 6.08 Å². The predicted molar refractivity (Wildman–Crippen MR) is 44.5 cm³/mol. The zero-order valence-electron chi connectivity index (χ0n) is 7.02. The quantitative estimate of drug-likeness (QED) is 0.592. The first-order valence-corrected chi connectivity index (χ1v) is 5.01. The number of hydroxylamine groups is 1. The third-order valence-corrected chi connectivity index (χ3v) is 2.10. The molecule has 0 aliphatic heterocycles. The van der Waals surface area contributed by atoms with Crippen molar-refractivity contribution < 1.29 is 17.8 Å². The monoisotopic (exact) mass is 195 g/mol. The van der Waals surface area contributed by atoms with Crippen molar-refractivity contribution in [1.82, 2.24) is 5.48 Å². The van der Waals surface area contributed by atoms with Crippen LogP contribution >= 0.6 is 0 Å². The van der Waals surface area contributed by atoms with E-state index in [4.69, 9.17) is 5.11 Å². The van der Waals surface area contributed by atoms with E-state index < -0.39 is 22.0 Å². The van der Waals surface area contributed by atoms with Crippen LogP contribution in [0.1, 0.15) is 13.8 Å². The Bertz CT molecular complexity index is 232. The number of nitrogens with one attached hydrogen (secondary N) is 1. The van der Waals surface area contributed by atoms with Crippen LogP contribution in [0.15, 0.2) is 12.3 Å². The third kappa shape index (κ3) is 6.14. The molecule has 0 rings (SSSR count). The molecule has 0 aliphatic carbocycles. The average Bonchev–Trinajstić information content (AvgIpc) is 1.84. The van der Waals surface area contributed by atoms with E-state index in [1.54, 1.807) is 13.0 Å². The molecule has 1 atom stereocenters. The summed E-state index contributed by atoms with van der Waals surface area (Å²) >= 11 is 0. The van der Waals surface area contributed by atoms with Gasteiger partial charge in [0.1, 0.15) is 5.75 Å². The van der Waals surface area contributed by atoms with Gasteiger partial charge in [-0.25, -0.2) is 0 Å². The maximum Gasteiger partial charge on any atom is 0.290 e. The first-order chi connectivity index (χ1) is 5.48. The molecule has 0 radical (unpaired) electrons. The molecule has 12 heavy (non-hydrogen) atoms. The Morgan fingerprint density at radius 1 is 1.67 bits per heavy atom. The molecule has 5 nitrogen and oxygen atoms in total. The fraction of sp³-hybridized carbons (Fsp3) is 0.667. The summed E-state index contributed by atoms with van der Waals surface area (Å²) in [5, 5.41) is 8.74. The summed E-state index contributed by atoms with van der Waals surface area (Å²) in [6, 6.07) is 0. The van der Waals surface area contributed by atoms with Crippen LogP contribution in [0.5, 0.6) is 0 Å². The van der Waals surface area contributed by atoms with Crippen molar-refractivity contribution in [3.63, 3.8) is 0 Å². The minimum absolute atomic E-state index is 0.419. The van der Waals surface area contributed by atoms with Gasteiger partial charge in [-0.15, -0.1) is 0 Å². The second kappa shape index (κ2) is 5.13. The maximum absolute atomic E-state index is 10.8. The number of aliphatic hydroxyl groups is 1. The molecule has 0 spiro atoms. The van der Waals surface area contributed by atoms with Gasteiger partial charge in [-0.2, -0.15) is 12.7 Å². The highest BCUT2D eigenvalue weighted by Crippen LogP contribution is 1.93. The summed E-state index contributed by atoms with van der Waals surface area (Å²) in [5.41, 5.74) is 2.10. The Labute approximate surface area is 72.1 Å². The number of aliphatic hydroxyl groups excluding tert-OH is 1. The van der Waals surface area contributed by atoms with Crippen LogP contribution in [0.4, 0.5) is 0 Å². The molecule has 1 unspecified atom stereocenters. The Morgan fingerprint density at radius 2 is 2.25 bits per heavy atom. The normalized spacial score (nSPS) is 14.9. The molecule has 6 heteroatoms. The van der Waals surface area contributed by atoms with E-state index in [1.165, 1.54) is 13.1 Å². The summed E-state index contributed by atoms with van der Waals surface area (Å²) in [7, 11) is -3.67. The minimum Gasteiger partial charge on any atom is -0.392 e. The molecule has 0 aromatic carbocycles. The Morgan fingerprint density at radius 3 is 2.67 bits per heavy atom. The minimum atomic E-state index is -3.67. The first-order valence-electron chi connectivity index (χ1n) is 3.44. The molecule has 2 N–H and O–H groups in total. The van der Waals surface area contributed by atoms with Gasteiger partial charge in [0.15, 0.2) is 0 Å². The van der Waals surface area contributed by atoms with Crippen molar-refractivity contribution in [1.29, 1.82) is 0 Å². The van der Waals surface area contributed by atoms with Crippen molar-refractivity contribution in [2.75, 3.05) is 5.75 Å². The average molecular weight is 195 g/mol. The van der Waals surface area contributed by atoms with Crippen LogP contribution in [0, 0.1) is 0 Å². The van der Waals surface area contributed by atoms with Crippen LogP contribution in [0.25, 0.3) is 0 Å². The fourth-order valence-corrected chi connectivity index (χ4v) is 1.36. The number of allylic oxidation sites excluding steroid dienone is 1. The van der Waals surface area contributed by atoms with Gasteiger partial charge in [0.05, 0.1) is 6.10 Å². The maximum atomic E-state index is 10.8. The Kier molecular flexibility index (Phi) is 4.87. The Balaban J connectivity index is 3.89. The molecular weight excluding hydrogens is 182 g/mol. The van der Waals surface area contributed by atoms with E-state index in [-0.39, 0.29) is 0 Å². The Hall–Kier alpha value is -0.590. The van der Waals surface area contributed by atoms with Crippen molar-refractivity contribution in [3.8, 4) is 0 Å². The molecule has 0 saturated carbocycles. The van der Waals surface area contributed by atoms with Crippen molar-refractivity contribution >= 4 is 10.1 Å². The molecule has 0 aliphatic rings. The summed E-state index contributed by atoms with van der Waals surface area (Å²) < 4.78 is 25.9. The van der Waals surface area contributed by atoms with E-state index in [0.29, 0.717) is 0 Å². The molecule has 72 valence electrons. The zero-order chi connectivity index (χ0) is 9.61. The number of hydrogen-bond donors (Lipinski definition) is 2. The summed E-state index contributed by atoms with van der Waals surface area (Å²) in [5.74, 6) is -0.419. The second-order valence-electron chi connectivity index (χ2n) is 2.27. The number of rotatable bonds is 5. The summed E-state index contributed by atoms with van der Waals surface area (Å²) in [6.07, 6.45) is 1.99. The largest absolute Gasteiger partial charge is 0.392 e. The summed E-state index contributed by atoms with van der Waals surface area (Å²) in [4.78, 5) is 0. The van der Waals surface area contributed by atoms with Gasteiger partial charge in [0.2, 0.25) is 0 Å². The van der Waals surface area contributed by atoms with E-state index in [0.717, 1.165) is 0 Å². The lowest BCUT2D eigenvalue weighted by Gasteiger charge is -2.05. The van der Waals surface area contributed by atoms with Gasteiger partial charge in [0, 0.05) is 6.20 Å². The van der Waals surface area contributed by atoms with Crippen LogP contribution < -0.4 is 5.48 Å². The van der Waals surface area contributed by atoms with E-state index in [2.05, 4.69) is 9.76 Å². The van der Waals surface area contributed by atoms with E-state index in [9.17, 15) is 8.42 Å². The van der Waals surface area contributed by atoms with Crippen molar-refractivity contribution in [3.05, 3.63) is 12.3 Å². The van der Waals surface area contributed by atoms with Gasteiger partial charge in [0.25, 0.3) is 10.1 Å². The molecule has 0 amide bonds. The standard InChI is InChI=1S/C6H13NO4S/c1-3-4-7-11-12(9,10)5-6(2)8/h3-4,6-8H,5H2,1-2H3. The van der Waals surface area contributed by atoms with Crippen molar-refractivity contribution in [2.24, 2.45) is 0 Å². The van der Waals surface area contributed by atoms with Crippen LogP contribution in [-0.2, 0) is 14.4 Å². The lowest BCUT2D eigenvalue weighted by molar-refractivity contribution is 0.201. The van der Waals surface area contributed by atoms with Crippen LogP contribution in [-0.4, -0.2) is 25.4 Å². The second-order valence-corrected chi connectivity index (χ2v) is 3.89. The first kappa shape index (κ1) is 11.4. The fourth-order valence-electron chi connectivity index (χ4n) is 0.499. The summed E-state index contributed by atoms with van der Waals surface area (Å²) in [6.45, 7) is 3.08. The molecule has 0 aromatic heterocycles. The highest BCUT2D eigenvalue weighted by Gasteiger charge is 2.14. The van der Waals surface area contributed by atoms with Gasteiger partial charge in [-0.3, -0.25) is 5.48 Å². The molecular formula is C6H13NO4S. The van der Waals surface area contributed by atoms with Gasteiger partial charge < -0.3 is 5.11 Å². The lowest BCUT2D eigenvalue weighted by Crippen LogP contribution is -2.24. The van der Waals surface area contributed by atoms with Crippen LogP contribution in [0.2, 0.25) is 0 Å². The van der Waals surface area contributed by atoms with Gasteiger partial charge >= 0.3 is 0 Å². The smallest absolute Gasteiger partial charge is 0.290 e. The van der Waals surface area contributed by atoms with Crippen LogP contribution in [0.3, 0.4) is 0 Å². The molecule has 0 saturated heterocycles. The highest BCUT2D eigenvalue weighted by atomic mass is 32.2. The van der Waals surface area contributed by atoms with Crippen molar-refractivity contribution in [2.45, 2.75) is 20.0 Å². The zero-order valence-corrected chi connectivity index (χ0v) is 7.84. The predicted octanol–water partition coefficient (Wildman–Crippen LogP) is -0.248. The SMILES string of the molecule is CC=CNOS(=O)(=O)CC(C)O. The third-order valence-electron chi connectivity index (χ3n) is 0.855. The molecule has 0 fully saturated rings. The molecule has 0 aromatic rings. The van der Waals surface area contributed by atoms with E-state index in [1.807, 2.05) is 0 Å². The number of hydrogen-bond acceptors (Lipinski definition) is 5. The molecule has 0 bridgehead atoms.